The van der Waals surface area contributed by atoms with E-state index in [-0.39, 0.29) is 17.2 Å². The molecule has 6 nitrogen and oxygen atoms in total. The van der Waals surface area contributed by atoms with Crippen LogP contribution < -0.4 is 10.1 Å². The molecule has 2 rings (SSSR count). The molecule has 0 radical (unpaired) electrons. The topological polar surface area (TPSA) is 75.7 Å². The van der Waals surface area contributed by atoms with Gasteiger partial charge >= 0.3 is 0 Å². The van der Waals surface area contributed by atoms with E-state index in [2.05, 4.69) is 5.32 Å². The van der Waals surface area contributed by atoms with Gasteiger partial charge < -0.3 is 10.1 Å². The van der Waals surface area contributed by atoms with E-state index in [4.69, 9.17) is 4.74 Å². The van der Waals surface area contributed by atoms with E-state index in [1.165, 1.54) is 16.4 Å². The fraction of sp³-hybridized carbons (Fsp3) is 0.588. The van der Waals surface area contributed by atoms with Crippen LogP contribution in [0.1, 0.15) is 39.5 Å². The third-order valence-corrected chi connectivity index (χ3v) is 6.15. The summed E-state index contributed by atoms with van der Waals surface area (Å²) in [5, 5.41) is 2.63. The number of rotatable bonds is 7. The first-order chi connectivity index (χ1) is 11.9. The molecule has 0 aliphatic carbocycles. The van der Waals surface area contributed by atoms with E-state index in [9.17, 15) is 17.6 Å². The van der Waals surface area contributed by atoms with Crippen LogP contribution in [0.25, 0.3) is 0 Å². The fourth-order valence-corrected chi connectivity index (χ4v) is 4.70. The number of ether oxygens (including phenoxy) is 1. The zero-order valence-corrected chi connectivity index (χ0v) is 15.4. The first-order valence-corrected chi connectivity index (χ1v) is 10.2. The minimum absolute atomic E-state index is 0.0223. The maximum absolute atomic E-state index is 13.9. The van der Waals surface area contributed by atoms with E-state index in [1.54, 1.807) is 19.9 Å². The van der Waals surface area contributed by atoms with Crippen LogP contribution in [0.15, 0.2) is 18.2 Å². The molecule has 1 aromatic carbocycles. The highest BCUT2D eigenvalue weighted by molar-refractivity contribution is 7.89. The molecule has 1 aliphatic heterocycles. The Balaban J connectivity index is 2.14. The van der Waals surface area contributed by atoms with Crippen molar-refractivity contribution in [2.24, 2.45) is 0 Å². The summed E-state index contributed by atoms with van der Waals surface area (Å²) >= 11 is 0. The molecular formula is C17H25FN2O4S. The molecule has 0 bridgehead atoms. The second-order valence-electron chi connectivity index (χ2n) is 6.01. The maximum atomic E-state index is 13.9. The van der Waals surface area contributed by atoms with Crippen LogP contribution in [0, 0.1) is 5.82 Å². The smallest absolute Gasteiger partial charge is 0.242 e. The van der Waals surface area contributed by atoms with Crippen LogP contribution in [-0.2, 0) is 14.8 Å². The number of hydrogen-bond donors (Lipinski definition) is 1. The Labute approximate surface area is 148 Å². The van der Waals surface area contributed by atoms with Gasteiger partial charge in [0.2, 0.25) is 15.9 Å². The summed E-state index contributed by atoms with van der Waals surface area (Å²) in [4.78, 5) is 12.6. The van der Waals surface area contributed by atoms with Gasteiger partial charge in [-0.15, -0.1) is 0 Å². The van der Waals surface area contributed by atoms with Crippen molar-refractivity contribution < 1.29 is 22.3 Å². The van der Waals surface area contributed by atoms with E-state index < -0.39 is 27.8 Å². The Morgan fingerprint density at radius 3 is 2.76 bits per heavy atom. The van der Waals surface area contributed by atoms with Gasteiger partial charge in [0, 0.05) is 18.3 Å². The van der Waals surface area contributed by atoms with E-state index in [0.29, 0.717) is 26.0 Å². The van der Waals surface area contributed by atoms with Crippen molar-refractivity contribution >= 4 is 21.6 Å². The number of carbonyl (C=O) groups excluding carboxylic acids is 1. The van der Waals surface area contributed by atoms with Gasteiger partial charge in [-0.05, 0) is 38.3 Å². The number of nitrogens with zero attached hydrogens (tertiary/aromatic N) is 1. The predicted octanol–water partition coefficient (Wildman–Crippen LogP) is 2.76. The Morgan fingerprint density at radius 2 is 2.12 bits per heavy atom. The fourth-order valence-electron chi connectivity index (χ4n) is 2.95. The standard InChI is InChI=1S/C17H25FN2O4S/c1-3-11-25(22,23)20-10-6-5-7-15(20)17(21)19-13-8-9-16(24-4-2)14(18)12-13/h8-9,12,15H,3-7,10-11H2,1-2H3,(H,19,21). The average molecular weight is 372 g/mol. The Hall–Kier alpha value is -1.67. The molecule has 1 atom stereocenters. The van der Waals surface area contributed by atoms with E-state index in [0.717, 1.165) is 12.8 Å². The Morgan fingerprint density at radius 1 is 1.36 bits per heavy atom. The highest BCUT2D eigenvalue weighted by Crippen LogP contribution is 2.25. The summed E-state index contributed by atoms with van der Waals surface area (Å²) in [6.45, 7) is 4.23. The number of sulfonamides is 1. The largest absolute Gasteiger partial charge is 0.491 e. The molecule has 1 aromatic rings. The molecule has 0 aromatic heterocycles. The molecule has 8 heteroatoms. The summed E-state index contributed by atoms with van der Waals surface area (Å²) in [6, 6.07) is 3.41. The van der Waals surface area contributed by atoms with Crippen LogP contribution >= 0.6 is 0 Å². The molecule has 0 saturated carbocycles. The zero-order valence-electron chi connectivity index (χ0n) is 14.6. The summed E-state index contributed by atoms with van der Waals surface area (Å²) in [6.07, 6.45) is 2.49. The number of piperidine rings is 1. The Bertz CT molecular complexity index is 709. The van der Waals surface area contributed by atoms with Crippen LogP contribution in [-0.4, -0.2) is 43.6 Å². The lowest BCUT2D eigenvalue weighted by molar-refractivity contribution is -0.120. The van der Waals surface area contributed by atoms with Gasteiger partial charge in [-0.25, -0.2) is 12.8 Å². The molecular weight excluding hydrogens is 347 g/mol. The highest BCUT2D eigenvalue weighted by Gasteiger charge is 2.36. The number of carbonyl (C=O) groups is 1. The van der Waals surface area contributed by atoms with Crippen molar-refractivity contribution in [1.29, 1.82) is 0 Å². The number of anilines is 1. The number of amides is 1. The second kappa shape index (κ2) is 8.62. The SMILES string of the molecule is CCCS(=O)(=O)N1CCCCC1C(=O)Nc1ccc(OCC)c(F)c1. The lowest BCUT2D eigenvalue weighted by Crippen LogP contribution is -2.50. The van der Waals surface area contributed by atoms with Gasteiger partial charge in [0.1, 0.15) is 6.04 Å². The second-order valence-corrected chi connectivity index (χ2v) is 8.05. The molecule has 1 unspecified atom stereocenters. The third kappa shape index (κ3) is 4.92. The molecule has 1 aliphatic rings. The number of benzene rings is 1. The Kier molecular flexibility index (Phi) is 6.78. The first-order valence-electron chi connectivity index (χ1n) is 8.61. The highest BCUT2D eigenvalue weighted by atomic mass is 32.2. The molecule has 1 fully saturated rings. The van der Waals surface area contributed by atoms with Gasteiger partial charge in [0.25, 0.3) is 0 Å². The van der Waals surface area contributed by atoms with Crippen molar-refractivity contribution in [2.45, 2.75) is 45.6 Å². The van der Waals surface area contributed by atoms with Gasteiger partial charge in [-0.2, -0.15) is 4.31 Å². The predicted molar refractivity (Wildman–Crippen MR) is 94.6 cm³/mol. The number of nitrogens with one attached hydrogen (secondary N) is 1. The van der Waals surface area contributed by atoms with Gasteiger partial charge in [0.05, 0.1) is 12.4 Å². The maximum Gasteiger partial charge on any atom is 0.242 e. The van der Waals surface area contributed by atoms with Crippen LogP contribution in [0.4, 0.5) is 10.1 Å². The van der Waals surface area contributed by atoms with E-state index in [1.807, 2.05) is 0 Å². The van der Waals surface area contributed by atoms with Crippen molar-refractivity contribution in [2.75, 3.05) is 24.2 Å². The monoisotopic (exact) mass is 372 g/mol. The normalized spacial score (nSPS) is 18.8. The van der Waals surface area contributed by atoms with Gasteiger partial charge in [-0.1, -0.05) is 13.3 Å². The van der Waals surface area contributed by atoms with Crippen molar-refractivity contribution in [1.82, 2.24) is 4.31 Å². The molecule has 1 amide bonds. The lowest BCUT2D eigenvalue weighted by atomic mass is 10.0. The van der Waals surface area contributed by atoms with Crippen LogP contribution in [0.5, 0.6) is 5.75 Å². The minimum atomic E-state index is -3.46. The number of hydrogen-bond acceptors (Lipinski definition) is 4. The number of halogens is 1. The summed E-state index contributed by atoms with van der Waals surface area (Å²) in [7, 11) is -3.46. The summed E-state index contributed by atoms with van der Waals surface area (Å²) in [5.41, 5.74) is 0.282. The van der Waals surface area contributed by atoms with Gasteiger partial charge in [-0.3, -0.25) is 4.79 Å². The molecule has 140 valence electrons. The lowest BCUT2D eigenvalue weighted by Gasteiger charge is -2.33. The first kappa shape index (κ1) is 19.7. The molecule has 1 saturated heterocycles. The quantitative estimate of drug-likeness (QED) is 0.798. The summed E-state index contributed by atoms with van der Waals surface area (Å²) in [5.74, 6) is -0.860. The zero-order chi connectivity index (χ0) is 18.4. The van der Waals surface area contributed by atoms with Crippen molar-refractivity contribution in [3.8, 4) is 5.75 Å². The van der Waals surface area contributed by atoms with Crippen molar-refractivity contribution in [3.05, 3.63) is 24.0 Å². The van der Waals surface area contributed by atoms with Crippen LogP contribution in [0.2, 0.25) is 0 Å². The molecule has 25 heavy (non-hydrogen) atoms. The molecule has 0 spiro atoms. The van der Waals surface area contributed by atoms with E-state index >= 15 is 0 Å². The van der Waals surface area contributed by atoms with Crippen molar-refractivity contribution in [3.63, 3.8) is 0 Å². The average Bonchev–Trinajstić information content (AvgIpc) is 2.57. The van der Waals surface area contributed by atoms with Crippen LogP contribution in [0.3, 0.4) is 0 Å². The molecule has 1 N–H and O–H groups in total. The molecule has 1 heterocycles. The summed E-state index contributed by atoms with van der Waals surface area (Å²) < 4.78 is 45.1. The third-order valence-electron chi connectivity index (χ3n) is 4.07. The van der Waals surface area contributed by atoms with Gasteiger partial charge in [0.15, 0.2) is 11.6 Å². The minimum Gasteiger partial charge on any atom is -0.491 e.